The number of para-hydroxylation sites is 4. The minimum atomic E-state index is 1.07. The van der Waals surface area contributed by atoms with Gasteiger partial charge in [0.05, 0.1) is 28.4 Å². The van der Waals surface area contributed by atoms with Crippen molar-refractivity contribution >= 4 is 65.6 Å². The van der Waals surface area contributed by atoms with Crippen LogP contribution in [0.15, 0.2) is 279 Å². The largest absolute Gasteiger partial charge is 0.309 e. The average Bonchev–Trinajstić information content (AvgIpc) is 3.83. The number of nitrogens with zero attached hydrogens (tertiary/aromatic N) is 2. The van der Waals surface area contributed by atoms with Crippen LogP contribution in [0.1, 0.15) is 0 Å². The smallest absolute Gasteiger partial charge is 0.0555 e. The van der Waals surface area contributed by atoms with Crippen molar-refractivity contribution in [1.82, 2.24) is 0 Å². The molecule has 0 radical (unpaired) electrons. The molecule has 69 heavy (non-hydrogen) atoms. The Hall–Kier alpha value is -8.76. The summed E-state index contributed by atoms with van der Waals surface area (Å²) in [6, 6.07) is 101. The van der Waals surface area contributed by atoms with Crippen LogP contribution < -0.4 is 9.80 Å². The summed E-state index contributed by atoms with van der Waals surface area (Å²) in [5.74, 6) is 0. The summed E-state index contributed by atoms with van der Waals surface area (Å²) in [5.41, 5.74) is 18.2. The van der Waals surface area contributed by atoms with Crippen LogP contribution in [-0.2, 0) is 0 Å². The quantitative estimate of drug-likeness (QED) is 0.128. The van der Waals surface area contributed by atoms with Gasteiger partial charge in [-0.1, -0.05) is 231 Å². The Labute approximate surface area is 407 Å². The van der Waals surface area contributed by atoms with Gasteiger partial charge in [-0.2, -0.15) is 0 Å². The third-order valence-electron chi connectivity index (χ3n) is 13.1. The van der Waals surface area contributed by atoms with Gasteiger partial charge in [-0.15, -0.1) is 11.3 Å². The van der Waals surface area contributed by atoms with E-state index < -0.39 is 0 Å². The summed E-state index contributed by atoms with van der Waals surface area (Å²) in [6.45, 7) is 0. The lowest BCUT2D eigenvalue weighted by molar-refractivity contribution is 1.27. The van der Waals surface area contributed by atoms with Gasteiger partial charge in [-0.3, -0.25) is 0 Å². The van der Waals surface area contributed by atoms with E-state index >= 15 is 0 Å². The molecule has 1 heterocycles. The Morgan fingerprint density at radius 2 is 0.609 bits per heavy atom. The molecule has 12 rings (SSSR count). The second-order valence-electron chi connectivity index (χ2n) is 17.2. The summed E-state index contributed by atoms with van der Waals surface area (Å²) in [6.07, 6.45) is 0. The standard InChI is InChI=1S/C66H46N2S/c1-5-23-47(24-6-1)48-41-43-52(44-42-48)67(63-46-45-55(51-29-11-4-12-30-51)66-65(63)58-35-17-22-40-64(58)69-66)61-38-20-15-33-56(61)57-34-16-21-39-62(57)68(59-36-18-13-31-53(59)49-25-7-2-8-26-49)60-37-19-14-32-54(60)50-27-9-3-10-28-50/h1-46H. The summed E-state index contributed by atoms with van der Waals surface area (Å²) >= 11 is 1.87. The first-order chi connectivity index (χ1) is 34.3. The summed E-state index contributed by atoms with van der Waals surface area (Å²) < 4.78 is 2.53. The molecule has 0 unspecified atom stereocenters. The average molecular weight is 899 g/mol. The monoisotopic (exact) mass is 898 g/mol. The van der Waals surface area contributed by atoms with Crippen LogP contribution in [0.3, 0.4) is 0 Å². The number of hydrogen-bond donors (Lipinski definition) is 0. The Kier molecular flexibility index (Phi) is 11.2. The van der Waals surface area contributed by atoms with Crippen LogP contribution >= 0.6 is 11.3 Å². The molecule has 0 saturated heterocycles. The second kappa shape index (κ2) is 18.5. The fourth-order valence-electron chi connectivity index (χ4n) is 9.93. The van der Waals surface area contributed by atoms with E-state index in [4.69, 9.17) is 0 Å². The first-order valence-corrected chi connectivity index (χ1v) is 24.3. The molecule has 0 aliphatic carbocycles. The van der Waals surface area contributed by atoms with E-state index in [0.29, 0.717) is 0 Å². The molecule has 0 amide bonds. The van der Waals surface area contributed by atoms with Crippen molar-refractivity contribution in [2.45, 2.75) is 0 Å². The van der Waals surface area contributed by atoms with Crippen molar-refractivity contribution in [2.24, 2.45) is 0 Å². The van der Waals surface area contributed by atoms with Gasteiger partial charge in [-0.05, 0) is 81.9 Å². The van der Waals surface area contributed by atoms with Gasteiger partial charge >= 0.3 is 0 Å². The fourth-order valence-corrected chi connectivity index (χ4v) is 11.2. The first kappa shape index (κ1) is 41.7. The Morgan fingerprint density at radius 3 is 1.13 bits per heavy atom. The molecule has 0 N–H and O–H groups in total. The predicted octanol–water partition coefficient (Wildman–Crippen LogP) is 19.3. The number of benzene rings is 11. The molecule has 326 valence electrons. The number of anilines is 6. The predicted molar refractivity (Wildman–Crippen MR) is 296 cm³/mol. The van der Waals surface area contributed by atoms with Gasteiger partial charge in [0.2, 0.25) is 0 Å². The van der Waals surface area contributed by atoms with Crippen LogP contribution in [0, 0.1) is 0 Å². The highest BCUT2D eigenvalue weighted by atomic mass is 32.1. The molecule has 0 aliphatic rings. The van der Waals surface area contributed by atoms with E-state index in [9.17, 15) is 0 Å². The van der Waals surface area contributed by atoms with Crippen molar-refractivity contribution in [2.75, 3.05) is 9.80 Å². The molecule has 12 aromatic rings. The molecule has 0 atom stereocenters. The van der Waals surface area contributed by atoms with E-state index in [0.717, 1.165) is 67.5 Å². The van der Waals surface area contributed by atoms with Crippen molar-refractivity contribution < 1.29 is 0 Å². The molecule has 0 saturated carbocycles. The van der Waals surface area contributed by atoms with Crippen molar-refractivity contribution in [3.05, 3.63) is 279 Å². The van der Waals surface area contributed by atoms with E-state index in [-0.39, 0.29) is 0 Å². The zero-order valence-electron chi connectivity index (χ0n) is 37.9. The Bertz CT molecular complexity index is 3630. The normalized spacial score (nSPS) is 11.2. The molecular weight excluding hydrogens is 853 g/mol. The third kappa shape index (κ3) is 7.85. The van der Waals surface area contributed by atoms with Crippen molar-refractivity contribution in [3.8, 4) is 55.6 Å². The molecule has 0 aliphatic heterocycles. The maximum absolute atomic E-state index is 2.50. The summed E-state index contributed by atoms with van der Waals surface area (Å²) in [4.78, 5) is 4.98. The summed E-state index contributed by atoms with van der Waals surface area (Å²) in [7, 11) is 0. The van der Waals surface area contributed by atoms with Gasteiger partial charge in [0.1, 0.15) is 0 Å². The molecule has 0 fully saturated rings. The van der Waals surface area contributed by atoms with Gasteiger partial charge in [0.25, 0.3) is 0 Å². The maximum Gasteiger partial charge on any atom is 0.0555 e. The lowest BCUT2D eigenvalue weighted by atomic mass is 9.95. The van der Waals surface area contributed by atoms with Crippen LogP contribution in [0.2, 0.25) is 0 Å². The molecule has 0 spiro atoms. The molecule has 0 bridgehead atoms. The first-order valence-electron chi connectivity index (χ1n) is 23.5. The van der Waals surface area contributed by atoms with Gasteiger partial charge in [0.15, 0.2) is 0 Å². The molecule has 2 nitrogen and oxygen atoms in total. The molecule has 11 aromatic carbocycles. The number of fused-ring (bicyclic) bond motifs is 3. The highest BCUT2D eigenvalue weighted by Crippen LogP contribution is 2.53. The van der Waals surface area contributed by atoms with E-state index in [1.54, 1.807) is 0 Å². The van der Waals surface area contributed by atoms with Crippen LogP contribution in [-0.4, -0.2) is 0 Å². The van der Waals surface area contributed by atoms with E-state index in [1.807, 2.05) is 11.3 Å². The number of hydrogen-bond acceptors (Lipinski definition) is 3. The maximum atomic E-state index is 2.50. The SMILES string of the molecule is c1ccc(-c2ccc(N(c3ccccc3-c3ccccc3N(c3ccccc3-c3ccccc3)c3ccccc3-c3ccccc3)c3ccc(-c4ccccc4)c4sc5ccccc5c34)cc2)cc1. The van der Waals surface area contributed by atoms with Crippen molar-refractivity contribution in [3.63, 3.8) is 0 Å². The topological polar surface area (TPSA) is 6.48 Å². The summed E-state index contributed by atoms with van der Waals surface area (Å²) in [5, 5.41) is 2.48. The highest BCUT2D eigenvalue weighted by Gasteiger charge is 2.27. The van der Waals surface area contributed by atoms with Crippen molar-refractivity contribution in [1.29, 1.82) is 0 Å². The van der Waals surface area contributed by atoms with Gasteiger partial charge in [-0.25, -0.2) is 0 Å². The van der Waals surface area contributed by atoms with E-state index in [1.165, 1.54) is 42.4 Å². The third-order valence-corrected chi connectivity index (χ3v) is 14.3. The zero-order chi connectivity index (χ0) is 45.9. The van der Waals surface area contributed by atoms with Crippen LogP contribution in [0.5, 0.6) is 0 Å². The van der Waals surface area contributed by atoms with Gasteiger partial charge < -0.3 is 9.80 Å². The minimum absolute atomic E-state index is 1.07. The van der Waals surface area contributed by atoms with E-state index in [2.05, 4.69) is 289 Å². The molecular formula is C66H46N2S. The minimum Gasteiger partial charge on any atom is -0.309 e. The van der Waals surface area contributed by atoms with Crippen LogP contribution in [0.4, 0.5) is 34.1 Å². The number of thiophene rings is 1. The lowest BCUT2D eigenvalue weighted by Gasteiger charge is -2.33. The Morgan fingerprint density at radius 1 is 0.232 bits per heavy atom. The highest BCUT2D eigenvalue weighted by molar-refractivity contribution is 7.26. The zero-order valence-corrected chi connectivity index (χ0v) is 38.7. The van der Waals surface area contributed by atoms with Crippen LogP contribution in [0.25, 0.3) is 75.8 Å². The molecule has 1 aromatic heterocycles. The Balaban J connectivity index is 1.12. The fraction of sp³-hybridized carbons (Fsp3) is 0. The second-order valence-corrected chi connectivity index (χ2v) is 18.2. The number of rotatable bonds is 11. The van der Waals surface area contributed by atoms with Gasteiger partial charge in [0, 0.05) is 48.1 Å². The lowest BCUT2D eigenvalue weighted by Crippen LogP contribution is -2.15. The molecule has 3 heteroatoms.